The third kappa shape index (κ3) is 3.17. The van der Waals surface area contributed by atoms with Crippen LogP contribution in [-0.2, 0) is 0 Å². The predicted octanol–water partition coefficient (Wildman–Crippen LogP) is 3.00. The van der Waals surface area contributed by atoms with Crippen molar-refractivity contribution in [3.05, 3.63) is 70.0 Å². The van der Waals surface area contributed by atoms with Crippen molar-refractivity contribution in [1.82, 2.24) is 0 Å². The molecular weight excluding hydrogens is 265 g/mol. The molecule has 0 aliphatic heterocycles. The fraction of sp³-hybridized carbons (Fsp3) is 0.0714. The van der Waals surface area contributed by atoms with Gasteiger partial charge < -0.3 is 4.74 Å². The smallest absolute Gasteiger partial charge is 0.269 e. The van der Waals surface area contributed by atoms with Crippen LogP contribution in [-0.4, -0.2) is 17.3 Å². The number of ketones is 1. The number of carbonyl (C=O) groups excluding carboxylic acids is 1. The molecule has 0 radical (unpaired) electrons. The maximum Gasteiger partial charge on any atom is 0.269 e. The minimum atomic E-state index is -0.552. The summed E-state index contributed by atoms with van der Waals surface area (Å²) < 4.78 is 18.3. The van der Waals surface area contributed by atoms with Gasteiger partial charge in [-0.1, -0.05) is 12.1 Å². The Labute approximate surface area is 113 Å². The number of nitrogens with zero attached hydrogens (tertiary/aromatic N) is 1. The molecule has 2 aromatic rings. The second-order valence-electron chi connectivity index (χ2n) is 3.95. The summed E-state index contributed by atoms with van der Waals surface area (Å²) >= 11 is 0. The van der Waals surface area contributed by atoms with Crippen LogP contribution < -0.4 is 4.74 Å². The standard InChI is InChI=1S/C14H10FNO4/c15-12-3-1-2-4-14(12)20-9-13(17)10-5-7-11(8-6-10)16(18)19/h1-8H,9H2. The fourth-order valence-corrected chi connectivity index (χ4v) is 1.56. The van der Waals surface area contributed by atoms with Crippen LogP contribution in [0.3, 0.4) is 0 Å². The van der Waals surface area contributed by atoms with Crippen LogP contribution in [0.5, 0.6) is 5.75 Å². The number of nitro benzene ring substituents is 1. The molecule has 0 heterocycles. The van der Waals surface area contributed by atoms with Crippen LogP contribution in [0.25, 0.3) is 0 Å². The number of rotatable bonds is 5. The Morgan fingerprint density at radius 3 is 2.40 bits per heavy atom. The van der Waals surface area contributed by atoms with E-state index in [1.165, 1.54) is 42.5 Å². The van der Waals surface area contributed by atoms with Gasteiger partial charge in [-0.15, -0.1) is 0 Å². The molecule has 0 unspecified atom stereocenters. The molecular formula is C14H10FNO4. The van der Waals surface area contributed by atoms with Crippen LogP contribution in [0.15, 0.2) is 48.5 Å². The van der Waals surface area contributed by atoms with Crippen LogP contribution in [0.4, 0.5) is 10.1 Å². The van der Waals surface area contributed by atoms with Crippen molar-refractivity contribution in [2.24, 2.45) is 0 Å². The van der Waals surface area contributed by atoms with Gasteiger partial charge in [0.1, 0.15) is 0 Å². The Morgan fingerprint density at radius 2 is 1.80 bits per heavy atom. The Hall–Kier alpha value is -2.76. The minimum Gasteiger partial charge on any atom is -0.482 e. The van der Waals surface area contributed by atoms with Gasteiger partial charge in [0, 0.05) is 17.7 Å². The first-order valence-electron chi connectivity index (χ1n) is 5.73. The van der Waals surface area contributed by atoms with Crippen molar-refractivity contribution in [3.8, 4) is 5.75 Å². The van der Waals surface area contributed by atoms with E-state index in [4.69, 9.17) is 4.74 Å². The van der Waals surface area contributed by atoms with Crippen molar-refractivity contribution in [3.63, 3.8) is 0 Å². The molecule has 0 fully saturated rings. The minimum absolute atomic E-state index is 0.0113. The third-order valence-corrected chi connectivity index (χ3v) is 2.60. The molecule has 20 heavy (non-hydrogen) atoms. The Bertz CT molecular complexity index is 640. The lowest BCUT2D eigenvalue weighted by atomic mass is 10.1. The van der Waals surface area contributed by atoms with Gasteiger partial charge in [0.15, 0.2) is 24.0 Å². The Balaban J connectivity index is 2.02. The summed E-state index contributed by atoms with van der Waals surface area (Å²) in [5.41, 5.74) is 0.170. The van der Waals surface area contributed by atoms with Crippen molar-refractivity contribution in [2.75, 3.05) is 6.61 Å². The summed E-state index contributed by atoms with van der Waals surface area (Å²) in [4.78, 5) is 21.7. The molecule has 2 aromatic carbocycles. The summed E-state index contributed by atoms with van der Waals surface area (Å²) in [6, 6.07) is 10.9. The van der Waals surface area contributed by atoms with Crippen molar-refractivity contribution in [1.29, 1.82) is 0 Å². The Kier molecular flexibility index (Phi) is 4.05. The number of nitro groups is 1. The van der Waals surface area contributed by atoms with E-state index in [-0.39, 0.29) is 29.4 Å². The number of non-ortho nitro benzene ring substituents is 1. The van der Waals surface area contributed by atoms with Crippen molar-refractivity contribution in [2.45, 2.75) is 0 Å². The number of Topliss-reactive ketones (excluding diaryl/α,β-unsaturated/α-hetero) is 1. The zero-order valence-electron chi connectivity index (χ0n) is 10.3. The average Bonchev–Trinajstić information content (AvgIpc) is 2.46. The molecule has 0 atom stereocenters. The van der Waals surface area contributed by atoms with Crippen LogP contribution >= 0.6 is 0 Å². The number of ether oxygens (including phenoxy) is 1. The highest BCUT2D eigenvalue weighted by Gasteiger charge is 2.11. The van der Waals surface area contributed by atoms with Gasteiger partial charge in [0.2, 0.25) is 0 Å². The highest BCUT2D eigenvalue weighted by Crippen LogP contribution is 2.16. The van der Waals surface area contributed by atoms with Gasteiger partial charge in [-0.05, 0) is 24.3 Å². The van der Waals surface area contributed by atoms with E-state index >= 15 is 0 Å². The third-order valence-electron chi connectivity index (χ3n) is 2.60. The zero-order chi connectivity index (χ0) is 14.5. The van der Waals surface area contributed by atoms with E-state index in [0.29, 0.717) is 0 Å². The molecule has 0 aliphatic rings. The van der Waals surface area contributed by atoms with E-state index in [1.807, 2.05) is 0 Å². The summed E-state index contributed by atoms with van der Waals surface area (Å²) in [6.07, 6.45) is 0. The monoisotopic (exact) mass is 275 g/mol. The molecule has 102 valence electrons. The van der Waals surface area contributed by atoms with Crippen LogP contribution in [0, 0.1) is 15.9 Å². The van der Waals surface area contributed by atoms with Crippen molar-refractivity contribution >= 4 is 11.5 Å². The number of halogens is 1. The van der Waals surface area contributed by atoms with E-state index in [0.717, 1.165) is 0 Å². The summed E-state index contributed by atoms with van der Waals surface area (Å²) in [6.45, 7) is -0.335. The molecule has 0 bridgehead atoms. The lowest BCUT2D eigenvalue weighted by Gasteiger charge is -2.06. The van der Waals surface area contributed by atoms with Gasteiger partial charge in [0.05, 0.1) is 4.92 Å². The number of carbonyl (C=O) groups is 1. The van der Waals surface area contributed by atoms with Gasteiger partial charge in [-0.25, -0.2) is 4.39 Å². The maximum atomic E-state index is 13.3. The highest BCUT2D eigenvalue weighted by atomic mass is 19.1. The molecule has 0 saturated carbocycles. The first-order valence-corrected chi connectivity index (χ1v) is 5.73. The SMILES string of the molecule is O=C(COc1ccccc1F)c1ccc([N+](=O)[O-])cc1. The van der Waals surface area contributed by atoms with E-state index < -0.39 is 10.7 Å². The first-order chi connectivity index (χ1) is 9.58. The largest absolute Gasteiger partial charge is 0.482 e. The fourth-order valence-electron chi connectivity index (χ4n) is 1.56. The second-order valence-corrected chi connectivity index (χ2v) is 3.95. The van der Waals surface area contributed by atoms with Gasteiger partial charge >= 0.3 is 0 Å². The number of hydrogen-bond acceptors (Lipinski definition) is 4. The number of para-hydroxylation sites is 1. The quantitative estimate of drug-likeness (QED) is 0.478. The summed E-state index contributed by atoms with van der Waals surface area (Å²) in [5.74, 6) is -0.949. The molecule has 0 aromatic heterocycles. The van der Waals surface area contributed by atoms with Crippen molar-refractivity contribution < 1.29 is 18.8 Å². The average molecular weight is 275 g/mol. The topological polar surface area (TPSA) is 69.4 Å². The molecule has 2 rings (SSSR count). The van der Waals surface area contributed by atoms with Crippen LogP contribution in [0.1, 0.15) is 10.4 Å². The van der Waals surface area contributed by atoms with Gasteiger partial charge in [-0.2, -0.15) is 0 Å². The second kappa shape index (κ2) is 5.92. The predicted molar refractivity (Wildman–Crippen MR) is 69.3 cm³/mol. The molecule has 6 heteroatoms. The first kappa shape index (κ1) is 13.7. The van der Waals surface area contributed by atoms with Crippen LogP contribution in [0.2, 0.25) is 0 Å². The lowest BCUT2D eigenvalue weighted by Crippen LogP contribution is -2.12. The number of benzene rings is 2. The normalized spacial score (nSPS) is 10.1. The summed E-state index contributed by atoms with van der Waals surface area (Å²) in [5, 5.41) is 10.5. The molecule has 0 saturated heterocycles. The highest BCUT2D eigenvalue weighted by molar-refractivity contribution is 5.97. The van der Waals surface area contributed by atoms with E-state index in [9.17, 15) is 19.3 Å². The molecule has 0 N–H and O–H groups in total. The van der Waals surface area contributed by atoms with Gasteiger partial charge in [0.25, 0.3) is 5.69 Å². The molecule has 0 aliphatic carbocycles. The lowest BCUT2D eigenvalue weighted by molar-refractivity contribution is -0.384. The van der Waals surface area contributed by atoms with E-state index in [1.54, 1.807) is 6.07 Å². The van der Waals surface area contributed by atoms with E-state index in [2.05, 4.69) is 0 Å². The Morgan fingerprint density at radius 1 is 1.15 bits per heavy atom. The maximum absolute atomic E-state index is 13.3. The molecule has 0 amide bonds. The van der Waals surface area contributed by atoms with Gasteiger partial charge in [-0.3, -0.25) is 14.9 Å². The molecule has 5 nitrogen and oxygen atoms in total. The summed E-state index contributed by atoms with van der Waals surface area (Å²) in [7, 11) is 0. The molecule has 0 spiro atoms. The number of hydrogen-bond donors (Lipinski definition) is 0. The zero-order valence-corrected chi connectivity index (χ0v) is 10.3.